The Bertz CT molecular complexity index is 562. The summed E-state index contributed by atoms with van der Waals surface area (Å²) in [4.78, 5) is 11.8. The topological polar surface area (TPSA) is 44.1 Å². The molecule has 94 valence electrons. The minimum atomic E-state index is -0.168. The van der Waals surface area contributed by atoms with Crippen LogP contribution in [0.2, 0.25) is 0 Å². The van der Waals surface area contributed by atoms with Crippen molar-refractivity contribution < 1.29 is 4.74 Å². The largest absolute Gasteiger partial charge is 0.476 e. The van der Waals surface area contributed by atoms with Gasteiger partial charge in [0.15, 0.2) is 0 Å². The van der Waals surface area contributed by atoms with Gasteiger partial charge in [0.2, 0.25) is 5.88 Å². The molecule has 0 amide bonds. The van der Waals surface area contributed by atoms with E-state index in [9.17, 15) is 4.79 Å². The molecule has 4 heteroatoms. The van der Waals surface area contributed by atoms with Gasteiger partial charge >= 0.3 is 0 Å². The van der Waals surface area contributed by atoms with Crippen LogP contribution < -0.4 is 10.3 Å². The van der Waals surface area contributed by atoms with Crippen LogP contribution in [0.4, 0.5) is 0 Å². The lowest BCUT2D eigenvalue weighted by Crippen LogP contribution is -2.21. The summed E-state index contributed by atoms with van der Waals surface area (Å²) in [6, 6.07) is 12.4. The summed E-state index contributed by atoms with van der Waals surface area (Å²) in [5.74, 6) is 0.885. The quantitative estimate of drug-likeness (QED) is 0.828. The van der Waals surface area contributed by atoms with Crippen molar-refractivity contribution in [2.45, 2.75) is 13.8 Å². The molecule has 0 spiro atoms. The Kier molecular flexibility index (Phi) is 3.77. The summed E-state index contributed by atoms with van der Waals surface area (Å²) in [5.41, 5.74) is 0.565. The minimum Gasteiger partial charge on any atom is -0.476 e. The molecule has 0 saturated heterocycles. The number of hydrogen-bond acceptors (Lipinski definition) is 3. The average Bonchev–Trinajstić information content (AvgIpc) is 2.38. The third-order valence-corrected chi connectivity index (χ3v) is 2.34. The summed E-state index contributed by atoms with van der Waals surface area (Å²) >= 11 is 0. The molecule has 0 aliphatic heterocycles. The van der Waals surface area contributed by atoms with E-state index in [4.69, 9.17) is 4.74 Å². The number of hydrogen-bond donors (Lipinski definition) is 0. The molecule has 2 aromatic rings. The molecule has 18 heavy (non-hydrogen) atoms. The molecular formula is C14H16N2O2. The second-order valence-electron chi connectivity index (χ2n) is 4.46. The number of para-hydroxylation sites is 1. The number of nitrogens with zero attached hydrogens (tertiary/aromatic N) is 2. The normalized spacial score (nSPS) is 10.6. The maximum atomic E-state index is 11.8. The molecule has 4 nitrogen and oxygen atoms in total. The second kappa shape index (κ2) is 5.49. The average molecular weight is 244 g/mol. The summed E-state index contributed by atoms with van der Waals surface area (Å²) < 4.78 is 6.86. The Morgan fingerprint density at radius 1 is 1.17 bits per heavy atom. The number of ether oxygens (including phenoxy) is 1. The van der Waals surface area contributed by atoms with Crippen LogP contribution in [0.3, 0.4) is 0 Å². The molecule has 0 aliphatic rings. The van der Waals surface area contributed by atoms with Crippen LogP contribution in [-0.4, -0.2) is 16.4 Å². The summed E-state index contributed by atoms with van der Waals surface area (Å²) in [7, 11) is 0. The van der Waals surface area contributed by atoms with E-state index in [1.807, 2.05) is 30.3 Å². The molecule has 1 heterocycles. The van der Waals surface area contributed by atoms with Crippen LogP contribution in [0, 0.1) is 5.92 Å². The van der Waals surface area contributed by atoms with Gasteiger partial charge in [0.05, 0.1) is 12.3 Å². The Labute approximate surface area is 106 Å². The first kappa shape index (κ1) is 12.4. The van der Waals surface area contributed by atoms with Crippen molar-refractivity contribution in [2.75, 3.05) is 6.61 Å². The highest BCUT2D eigenvalue weighted by molar-refractivity contribution is 5.30. The Balaban J connectivity index is 2.30. The lowest BCUT2D eigenvalue weighted by Gasteiger charge is -2.09. The van der Waals surface area contributed by atoms with Crippen molar-refractivity contribution in [3.8, 4) is 11.6 Å². The predicted octanol–water partition coefficient (Wildman–Crippen LogP) is 2.27. The Morgan fingerprint density at radius 2 is 1.89 bits per heavy atom. The fraction of sp³-hybridized carbons (Fsp3) is 0.286. The van der Waals surface area contributed by atoms with Crippen LogP contribution in [0.15, 0.2) is 47.3 Å². The van der Waals surface area contributed by atoms with E-state index in [0.29, 0.717) is 18.4 Å². The number of aromatic nitrogens is 2. The Hall–Kier alpha value is -2.10. The molecule has 0 atom stereocenters. The van der Waals surface area contributed by atoms with E-state index in [2.05, 4.69) is 18.9 Å². The van der Waals surface area contributed by atoms with Crippen LogP contribution in [0.25, 0.3) is 5.69 Å². The zero-order valence-electron chi connectivity index (χ0n) is 10.5. The molecular weight excluding hydrogens is 228 g/mol. The molecule has 2 rings (SSSR count). The fourth-order valence-corrected chi connectivity index (χ4v) is 1.48. The summed E-state index contributed by atoms with van der Waals surface area (Å²) in [6.07, 6.45) is 0. The van der Waals surface area contributed by atoms with Crippen molar-refractivity contribution in [3.05, 3.63) is 52.8 Å². The first-order chi connectivity index (χ1) is 8.66. The van der Waals surface area contributed by atoms with Gasteiger partial charge in [-0.3, -0.25) is 4.79 Å². The van der Waals surface area contributed by atoms with Crippen molar-refractivity contribution in [2.24, 2.45) is 5.92 Å². The highest BCUT2D eigenvalue weighted by Gasteiger charge is 2.04. The predicted molar refractivity (Wildman–Crippen MR) is 70.2 cm³/mol. The van der Waals surface area contributed by atoms with E-state index in [1.165, 1.54) is 10.7 Å². The van der Waals surface area contributed by atoms with Crippen molar-refractivity contribution in [1.82, 2.24) is 9.78 Å². The van der Waals surface area contributed by atoms with Crippen molar-refractivity contribution >= 4 is 0 Å². The maximum Gasteiger partial charge on any atom is 0.271 e. The molecule has 0 N–H and O–H groups in total. The van der Waals surface area contributed by atoms with Crippen LogP contribution in [-0.2, 0) is 0 Å². The fourth-order valence-electron chi connectivity index (χ4n) is 1.48. The van der Waals surface area contributed by atoms with Gasteiger partial charge < -0.3 is 4.74 Å². The van der Waals surface area contributed by atoms with Crippen molar-refractivity contribution in [3.63, 3.8) is 0 Å². The summed E-state index contributed by atoms with van der Waals surface area (Å²) in [5, 5.41) is 4.20. The minimum absolute atomic E-state index is 0.168. The Morgan fingerprint density at radius 3 is 2.56 bits per heavy atom. The third kappa shape index (κ3) is 2.97. The smallest absolute Gasteiger partial charge is 0.271 e. The third-order valence-electron chi connectivity index (χ3n) is 2.34. The number of rotatable bonds is 4. The lowest BCUT2D eigenvalue weighted by molar-refractivity contribution is 0.256. The van der Waals surface area contributed by atoms with Gasteiger partial charge in [0.25, 0.3) is 5.56 Å². The van der Waals surface area contributed by atoms with Gasteiger partial charge in [-0.25, -0.2) is 0 Å². The summed E-state index contributed by atoms with van der Waals surface area (Å²) in [6.45, 7) is 4.71. The molecule has 0 saturated carbocycles. The molecule has 0 radical (unpaired) electrons. The van der Waals surface area contributed by atoms with Gasteiger partial charge in [-0.15, -0.1) is 5.10 Å². The SMILES string of the molecule is CC(C)COc1ccc(=O)n(-c2ccccc2)n1. The van der Waals surface area contributed by atoms with Crippen LogP contribution in [0.1, 0.15) is 13.8 Å². The van der Waals surface area contributed by atoms with Gasteiger partial charge in [0.1, 0.15) is 0 Å². The van der Waals surface area contributed by atoms with E-state index >= 15 is 0 Å². The molecule has 0 fully saturated rings. The maximum absolute atomic E-state index is 11.8. The van der Waals surface area contributed by atoms with Crippen LogP contribution >= 0.6 is 0 Å². The van der Waals surface area contributed by atoms with Gasteiger partial charge in [-0.05, 0) is 18.1 Å². The molecule has 0 unspecified atom stereocenters. The highest BCUT2D eigenvalue weighted by Crippen LogP contribution is 2.08. The second-order valence-corrected chi connectivity index (χ2v) is 4.46. The highest BCUT2D eigenvalue weighted by atomic mass is 16.5. The van der Waals surface area contributed by atoms with E-state index in [-0.39, 0.29) is 5.56 Å². The molecule has 1 aromatic heterocycles. The monoisotopic (exact) mass is 244 g/mol. The van der Waals surface area contributed by atoms with E-state index < -0.39 is 0 Å². The van der Waals surface area contributed by atoms with Gasteiger partial charge in [-0.1, -0.05) is 32.0 Å². The standard InChI is InChI=1S/C14H16N2O2/c1-11(2)10-18-13-8-9-14(17)16(15-13)12-6-4-3-5-7-12/h3-9,11H,10H2,1-2H3. The lowest BCUT2D eigenvalue weighted by atomic mass is 10.2. The van der Waals surface area contributed by atoms with Crippen molar-refractivity contribution in [1.29, 1.82) is 0 Å². The molecule has 0 bridgehead atoms. The zero-order valence-corrected chi connectivity index (χ0v) is 10.5. The van der Waals surface area contributed by atoms with E-state index in [1.54, 1.807) is 6.07 Å². The van der Waals surface area contributed by atoms with E-state index in [0.717, 1.165) is 5.69 Å². The zero-order chi connectivity index (χ0) is 13.0. The molecule has 1 aromatic carbocycles. The van der Waals surface area contributed by atoms with Gasteiger partial charge in [-0.2, -0.15) is 4.68 Å². The molecule has 0 aliphatic carbocycles. The van der Waals surface area contributed by atoms with Crippen LogP contribution in [0.5, 0.6) is 5.88 Å². The number of benzene rings is 1. The first-order valence-electron chi connectivity index (χ1n) is 5.95. The first-order valence-corrected chi connectivity index (χ1v) is 5.95. The van der Waals surface area contributed by atoms with Gasteiger partial charge in [0, 0.05) is 12.1 Å².